The second kappa shape index (κ2) is 10.3. The van der Waals surface area contributed by atoms with Crippen LogP contribution < -0.4 is 5.43 Å². The number of halogens is 2. The first-order valence-corrected chi connectivity index (χ1v) is 11.0. The molecule has 2 aromatic carbocycles. The van der Waals surface area contributed by atoms with Crippen molar-refractivity contribution >= 4 is 44.0 Å². The van der Waals surface area contributed by atoms with E-state index in [1.54, 1.807) is 12.1 Å². The van der Waals surface area contributed by atoms with Crippen LogP contribution in [0.2, 0.25) is 0 Å². The van der Waals surface area contributed by atoms with E-state index in [1.165, 1.54) is 17.3 Å². The molecule has 1 fully saturated rings. The number of rotatable bonds is 6. The molecule has 0 radical (unpaired) electrons. The number of aromatic hydroxyl groups is 1. The minimum atomic E-state index is -0.165. The third-order valence-electron chi connectivity index (χ3n) is 4.81. The number of piperazine rings is 1. The standard InChI is InChI=1S/C21H24Br2N4O2/c1-15-2-4-16(5-3-15)13-26-6-8-27(9-7-26)14-20(28)25-24-12-17-10-18(22)11-19(23)21(17)29/h2-5,10-12,29H,6-9,13-14H2,1H3,(H,25,28)/b24-12-. The van der Waals surface area contributed by atoms with E-state index < -0.39 is 0 Å². The number of hydrogen-bond acceptors (Lipinski definition) is 5. The van der Waals surface area contributed by atoms with Crippen LogP contribution in [0.5, 0.6) is 5.75 Å². The van der Waals surface area contributed by atoms with E-state index in [1.807, 2.05) is 0 Å². The van der Waals surface area contributed by atoms with Crippen LogP contribution in [0.4, 0.5) is 0 Å². The predicted octanol–water partition coefficient (Wildman–Crippen LogP) is 3.49. The van der Waals surface area contributed by atoms with Crippen molar-refractivity contribution in [2.24, 2.45) is 5.10 Å². The topological polar surface area (TPSA) is 68.2 Å². The van der Waals surface area contributed by atoms with Crippen LogP contribution in [0.3, 0.4) is 0 Å². The van der Waals surface area contributed by atoms with Gasteiger partial charge >= 0.3 is 0 Å². The number of hydrogen-bond donors (Lipinski definition) is 2. The highest BCUT2D eigenvalue weighted by atomic mass is 79.9. The van der Waals surface area contributed by atoms with Gasteiger partial charge in [-0.25, -0.2) is 5.43 Å². The Hall–Kier alpha value is -1.74. The van der Waals surface area contributed by atoms with E-state index in [-0.39, 0.29) is 11.7 Å². The van der Waals surface area contributed by atoms with Gasteiger partial charge in [-0.3, -0.25) is 14.6 Å². The summed E-state index contributed by atoms with van der Waals surface area (Å²) in [6.07, 6.45) is 1.43. The number of phenolic OH excluding ortho intramolecular Hbond substituents is 1. The Balaban J connectivity index is 1.42. The lowest BCUT2D eigenvalue weighted by Gasteiger charge is -2.34. The minimum absolute atomic E-state index is 0.0795. The fourth-order valence-corrected chi connectivity index (χ4v) is 4.41. The van der Waals surface area contributed by atoms with Crippen molar-refractivity contribution in [3.05, 3.63) is 62.0 Å². The highest BCUT2D eigenvalue weighted by molar-refractivity contribution is 9.11. The molecule has 6 nitrogen and oxygen atoms in total. The Morgan fingerprint density at radius 1 is 1.14 bits per heavy atom. The Bertz CT molecular complexity index is 879. The van der Waals surface area contributed by atoms with Crippen LogP contribution in [0.15, 0.2) is 50.4 Å². The lowest BCUT2D eigenvalue weighted by atomic mass is 10.1. The maximum atomic E-state index is 12.2. The average molecular weight is 524 g/mol. The second-order valence-electron chi connectivity index (χ2n) is 7.16. The van der Waals surface area contributed by atoms with Gasteiger partial charge in [0.25, 0.3) is 5.91 Å². The van der Waals surface area contributed by atoms with Crippen LogP contribution >= 0.6 is 31.9 Å². The van der Waals surface area contributed by atoms with Crippen LogP contribution in [0, 0.1) is 6.92 Å². The summed E-state index contributed by atoms with van der Waals surface area (Å²) in [6, 6.07) is 12.1. The van der Waals surface area contributed by atoms with E-state index in [0.717, 1.165) is 37.2 Å². The van der Waals surface area contributed by atoms with Crippen molar-refractivity contribution in [2.45, 2.75) is 13.5 Å². The van der Waals surface area contributed by atoms with E-state index in [4.69, 9.17) is 0 Å². The number of amides is 1. The van der Waals surface area contributed by atoms with Gasteiger partial charge in [0, 0.05) is 42.8 Å². The molecule has 0 bridgehead atoms. The zero-order valence-electron chi connectivity index (χ0n) is 16.2. The molecule has 29 heavy (non-hydrogen) atoms. The molecule has 2 aromatic rings. The van der Waals surface area contributed by atoms with E-state index >= 15 is 0 Å². The Morgan fingerprint density at radius 3 is 2.48 bits per heavy atom. The number of carbonyl (C=O) groups excluding carboxylic acids is 1. The van der Waals surface area contributed by atoms with Crippen LogP contribution in [-0.4, -0.2) is 59.8 Å². The molecule has 1 amide bonds. The summed E-state index contributed by atoms with van der Waals surface area (Å²) in [5, 5.41) is 14.0. The molecule has 0 aromatic heterocycles. The number of carbonyl (C=O) groups is 1. The van der Waals surface area contributed by atoms with Crippen molar-refractivity contribution in [3.63, 3.8) is 0 Å². The van der Waals surface area contributed by atoms with Crippen LogP contribution in [0.25, 0.3) is 0 Å². The maximum Gasteiger partial charge on any atom is 0.254 e. The van der Waals surface area contributed by atoms with Gasteiger partial charge in [0.2, 0.25) is 0 Å². The monoisotopic (exact) mass is 522 g/mol. The zero-order valence-corrected chi connectivity index (χ0v) is 19.4. The van der Waals surface area contributed by atoms with Gasteiger partial charge in [-0.15, -0.1) is 0 Å². The van der Waals surface area contributed by atoms with E-state index in [0.29, 0.717) is 16.6 Å². The predicted molar refractivity (Wildman–Crippen MR) is 122 cm³/mol. The first-order valence-electron chi connectivity index (χ1n) is 9.41. The third-order valence-corrected chi connectivity index (χ3v) is 5.87. The molecule has 0 unspecified atom stereocenters. The molecular formula is C21H24Br2N4O2. The Morgan fingerprint density at radius 2 is 1.79 bits per heavy atom. The van der Waals surface area contributed by atoms with Crippen molar-refractivity contribution in [2.75, 3.05) is 32.7 Å². The molecule has 3 rings (SSSR count). The molecule has 1 heterocycles. The second-order valence-corrected chi connectivity index (χ2v) is 8.93. The van der Waals surface area contributed by atoms with Crippen molar-refractivity contribution < 1.29 is 9.90 Å². The van der Waals surface area contributed by atoms with Crippen LogP contribution in [0.1, 0.15) is 16.7 Å². The van der Waals surface area contributed by atoms with E-state index in [2.05, 4.69) is 83.4 Å². The van der Waals surface area contributed by atoms with Crippen molar-refractivity contribution in [3.8, 4) is 5.75 Å². The first-order chi connectivity index (χ1) is 13.9. The van der Waals surface area contributed by atoms with E-state index in [9.17, 15) is 9.90 Å². The van der Waals surface area contributed by atoms with Gasteiger partial charge in [0.1, 0.15) is 5.75 Å². The number of nitrogens with zero attached hydrogens (tertiary/aromatic N) is 3. The highest BCUT2D eigenvalue weighted by Crippen LogP contribution is 2.30. The van der Waals surface area contributed by atoms with Gasteiger partial charge in [-0.2, -0.15) is 5.10 Å². The number of phenols is 1. The summed E-state index contributed by atoms with van der Waals surface area (Å²) in [6.45, 7) is 6.91. The molecule has 1 aliphatic rings. The fraction of sp³-hybridized carbons (Fsp3) is 0.333. The maximum absolute atomic E-state index is 12.2. The van der Waals surface area contributed by atoms with Gasteiger partial charge in [0.15, 0.2) is 0 Å². The Labute approximate surface area is 187 Å². The number of nitrogens with one attached hydrogen (secondary N) is 1. The zero-order chi connectivity index (χ0) is 20.8. The molecule has 1 aliphatic heterocycles. The molecule has 0 saturated carbocycles. The molecular weight excluding hydrogens is 500 g/mol. The molecule has 0 aliphatic carbocycles. The summed E-state index contributed by atoms with van der Waals surface area (Å²) in [4.78, 5) is 16.7. The molecule has 0 spiro atoms. The molecule has 0 atom stereocenters. The summed E-state index contributed by atoms with van der Waals surface area (Å²) in [5.74, 6) is -0.0855. The SMILES string of the molecule is Cc1ccc(CN2CCN(CC(=O)N/N=C\c3cc(Br)cc(Br)c3O)CC2)cc1. The largest absolute Gasteiger partial charge is 0.506 e. The normalized spacial score (nSPS) is 15.7. The third kappa shape index (κ3) is 6.64. The first kappa shape index (κ1) is 22.0. The quantitative estimate of drug-likeness (QED) is 0.449. The van der Waals surface area contributed by atoms with Gasteiger partial charge in [-0.05, 0) is 40.5 Å². The minimum Gasteiger partial charge on any atom is -0.506 e. The lowest BCUT2D eigenvalue weighted by molar-refractivity contribution is -0.122. The molecule has 154 valence electrons. The summed E-state index contributed by atoms with van der Waals surface area (Å²) in [5.41, 5.74) is 5.64. The number of benzene rings is 2. The Kier molecular flexibility index (Phi) is 7.83. The van der Waals surface area contributed by atoms with Crippen molar-refractivity contribution in [1.29, 1.82) is 0 Å². The summed E-state index contributed by atoms with van der Waals surface area (Å²) >= 11 is 6.63. The average Bonchev–Trinajstić information content (AvgIpc) is 2.69. The highest BCUT2D eigenvalue weighted by Gasteiger charge is 2.18. The van der Waals surface area contributed by atoms with Gasteiger partial charge in [0.05, 0.1) is 17.2 Å². The molecule has 1 saturated heterocycles. The summed E-state index contributed by atoms with van der Waals surface area (Å²) < 4.78 is 1.36. The number of hydrazone groups is 1. The smallest absolute Gasteiger partial charge is 0.254 e. The van der Waals surface area contributed by atoms with Gasteiger partial charge in [-0.1, -0.05) is 45.8 Å². The summed E-state index contributed by atoms with van der Waals surface area (Å²) in [7, 11) is 0. The number of aryl methyl sites for hydroxylation is 1. The lowest BCUT2D eigenvalue weighted by Crippen LogP contribution is -2.48. The van der Waals surface area contributed by atoms with Crippen LogP contribution in [-0.2, 0) is 11.3 Å². The van der Waals surface area contributed by atoms with Crippen molar-refractivity contribution in [1.82, 2.24) is 15.2 Å². The molecule has 2 N–H and O–H groups in total. The van der Waals surface area contributed by atoms with Gasteiger partial charge < -0.3 is 5.11 Å². The fourth-order valence-electron chi connectivity index (χ4n) is 3.15. The molecule has 8 heteroatoms.